The zero-order valence-electron chi connectivity index (χ0n) is 16.5. The van der Waals surface area contributed by atoms with Crippen LogP contribution in [0.4, 0.5) is 5.69 Å². The number of aliphatic carboxylic acids is 1. The molecule has 1 heterocycles. The zero-order valence-corrected chi connectivity index (χ0v) is 17.3. The minimum atomic E-state index is -0.958. The second-order valence-electron chi connectivity index (χ2n) is 6.63. The maximum absolute atomic E-state index is 11.6. The fourth-order valence-corrected chi connectivity index (χ4v) is 3.50. The van der Waals surface area contributed by atoms with Gasteiger partial charge in [0.05, 0.1) is 24.9 Å². The van der Waals surface area contributed by atoms with Gasteiger partial charge in [-0.15, -0.1) is 0 Å². The molecule has 0 aromatic heterocycles. The highest BCUT2D eigenvalue weighted by Crippen LogP contribution is 2.34. The van der Waals surface area contributed by atoms with Crippen LogP contribution in [0, 0.1) is 0 Å². The van der Waals surface area contributed by atoms with Crippen LogP contribution >= 0.6 is 11.6 Å². The predicted molar refractivity (Wildman–Crippen MR) is 117 cm³/mol. The number of benzodiazepines with no additional fused rings is 1. The maximum Gasteiger partial charge on any atom is 0.305 e. The number of hydrogen-bond acceptors (Lipinski definition) is 4. The van der Waals surface area contributed by atoms with Gasteiger partial charge in [0, 0.05) is 28.9 Å². The SMILES string of the molecule is C=C(C)N1/C(=N\C)[C@H](CC(=O)O)N=C(c2ccc(Cl)cc2)c2cc(OC)ccc21. The number of anilines is 1. The van der Waals surface area contributed by atoms with Gasteiger partial charge in [-0.05, 0) is 37.3 Å². The van der Waals surface area contributed by atoms with Crippen molar-refractivity contribution in [1.82, 2.24) is 0 Å². The van der Waals surface area contributed by atoms with Crippen molar-refractivity contribution >= 4 is 34.8 Å². The third kappa shape index (κ3) is 4.17. The number of hydrogen-bond donors (Lipinski definition) is 1. The van der Waals surface area contributed by atoms with E-state index in [-0.39, 0.29) is 6.42 Å². The number of aliphatic imine (C=N–C) groups is 2. The van der Waals surface area contributed by atoms with Gasteiger partial charge in [0.1, 0.15) is 17.6 Å². The molecule has 0 radical (unpaired) electrons. The van der Waals surface area contributed by atoms with Crippen LogP contribution in [0.1, 0.15) is 24.5 Å². The molecule has 3 rings (SSSR count). The topological polar surface area (TPSA) is 74.5 Å². The van der Waals surface area contributed by atoms with E-state index in [4.69, 9.17) is 21.3 Å². The van der Waals surface area contributed by atoms with E-state index in [1.165, 1.54) is 0 Å². The highest BCUT2D eigenvalue weighted by atomic mass is 35.5. The molecule has 1 aliphatic rings. The molecule has 2 aromatic rings. The lowest BCUT2D eigenvalue weighted by Gasteiger charge is -2.28. The van der Waals surface area contributed by atoms with E-state index in [0.717, 1.165) is 16.8 Å². The van der Waals surface area contributed by atoms with Gasteiger partial charge in [0.25, 0.3) is 0 Å². The van der Waals surface area contributed by atoms with E-state index in [0.29, 0.717) is 28.0 Å². The van der Waals surface area contributed by atoms with Gasteiger partial charge in [0.15, 0.2) is 0 Å². The summed E-state index contributed by atoms with van der Waals surface area (Å²) >= 11 is 6.06. The monoisotopic (exact) mass is 411 g/mol. The van der Waals surface area contributed by atoms with E-state index in [2.05, 4.69) is 11.6 Å². The summed E-state index contributed by atoms with van der Waals surface area (Å²) in [4.78, 5) is 22.7. The standard InChI is InChI=1S/C22H22ClN3O3/c1-13(2)26-19-10-9-16(29-4)11-17(19)21(14-5-7-15(23)8-6-14)25-18(12-20(27)28)22(26)24-3/h5-11,18H,1,12H2,2-4H3,(H,27,28)/b24-22-/t18-/m0/s1. The summed E-state index contributed by atoms with van der Waals surface area (Å²) in [7, 11) is 3.23. The minimum Gasteiger partial charge on any atom is -0.497 e. The number of carboxylic acid groups (broad SMARTS) is 1. The van der Waals surface area contributed by atoms with Crippen molar-refractivity contribution in [3.05, 3.63) is 70.9 Å². The van der Waals surface area contributed by atoms with Crippen LogP contribution in [0.25, 0.3) is 0 Å². The molecule has 0 unspecified atom stereocenters. The van der Waals surface area contributed by atoms with Crippen LogP contribution in [0.15, 0.2) is 64.7 Å². The first kappa shape index (κ1) is 20.6. The van der Waals surface area contributed by atoms with Crippen LogP contribution in [-0.2, 0) is 4.79 Å². The average molecular weight is 412 g/mol. The van der Waals surface area contributed by atoms with Gasteiger partial charge in [-0.25, -0.2) is 0 Å². The Kier molecular flexibility index (Phi) is 6.03. The van der Waals surface area contributed by atoms with Gasteiger partial charge in [-0.2, -0.15) is 0 Å². The molecule has 1 atom stereocenters. The Morgan fingerprint density at radius 3 is 2.55 bits per heavy atom. The summed E-state index contributed by atoms with van der Waals surface area (Å²) in [6.07, 6.45) is -0.196. The number of carbonyl (C=O) groups is 1. The lowest BCUT2D eigenvalue weighted by molar-refractivity contribution is -0.137. The summed E-state index contributed by atoms with van der Waals surface area (Å²) in [5, 5.41) is 10.1. The predicted octanol–water partition coefficient (Wildman–Crippen LogP) is 4.41. The fourth-order valence-electron chi connectivity index (χ4n) is 3.37. The van der Waals surface area contributed by atoms with E-state index in [1.807, 2.05) is 42.2 Å². The van der Waals surface area contributed by atoms with E-state index in [1.54, 1.807) is 26.3 Å². The Labute approximate surface area is 174 Å². The van der Waals surface area contributed by atoms with Gasteiger partial charge >= 0.3 is 5.97 Å². The normalized spacial score (nSPS) is 17.4. The second-order valence-corrected chi connectivity index (χ2v) is 7.07. The number of rotatable bonds is 5. The third-order valence-electron chi connectivity index (χ3n) is 4.61. The molecule has 6 nitrogen and oxygen atoms in total. The largest absolute Gasteiger partial charge is 0.497 e. The van der Waals surface area contributed by atoms with Crippen molar-refractivity contribution < 1.29 is 14.6 Å². The first-order valence-electron chi connectivity index (χ1n) is 9.02. The van der Waals surface area contributed by atoms with Gasteiger partial charge < -0.3 is 14.7 Å². The number of nitrogens with zero attached hydrogens (tertiary/aromatic N) is 3. The molecule has 0 spiro atoms. The maximum atomic E-state index is 11.6. The minimum absolute atomic E-state index is 0.196. The molecule has 1 N–H and O–H groups in total. The quantitative estimate of drug-likeness (QED) is 0.790. The lowest BCUT2D eigenvalue weighted by Crippen LogP contribution is -2.37. The van der Waals surface area contributed by atoms with E-state index < -0.39 is 12.0 Å². The Bertz CT molecular complexity index is 1010. The van der Waals surface area contributed by atoms with Crippen LogP contribution in [0.5, 0.6) is 5.75 Å². The van der Waals surface area contributed by atoms with Gasteiger partial charge in [-0.3, -0.25) is 14.8 Å². The number of methoxy groups -OCH3 is 1. The highest BCUT2D eigenvalue weighted by molar-refractivity contribution is 6.31. The third-order valence-corrected chi connectivity index (χ3v) is 4.86. The summed E-state index contributed by atoms with van der Waals surface area (Å²) in [6.45, 7) is 5.93. The van der Waals surface area contributed by atoms with Crippen molar-refractivity contribution in [2.24, 2.45) is 9.98 Å². The summed E-state index contributed by atoms with van der Waals surface area (Å²) in [5.74, 6) is 0.231. The van der Waals surface area contributed by atoms with Crippen molar-refractivity contribution in [1.29, 1.82) is 0 Å². The molecule has 0 saturated heterocycles. The van der Waals surface area contributed by atoms with Gasteiger partial charge in [-0.1, -0.05) is 30.3 Å². The molecular weight excluding hydrogens is 390 g/mol. The van der Waals surface area contributed by atoms with Crippen LogP contribution in [-0.4, -0.2) is 42.8 Å². The molecule has 0 saturated carbocycles. The average Bonchev–Trinajstić information content (AvgIpc) is 2.82. The van der Waals surface area contributed by atoms with Crippen molar-refractivity contribution in [3.8, 4) is 5.75 Å². The first-order valence-corrected chi connectivity index (χ1v) is 9.39. The molecule has 2 aromatic carbocycles. The smallest absolute Gasteiger partial charge is 0.305 e. The number of fused-ring (bicyclic) bond motifs is 1. The van der Waals surface area contributed by atoms with E-state index >= 15 is 0 Å². The summed E-state index contributed by atoms with van der Waals surface area (Å²) in [6, 6.07) is 12.2. The Morgan fingerprint density at radius 2 is 2.00 bits per heavy atom. The number of benzene rings is 2. The molecule has 29 heavy (non-hydrogen) atoms. The molecule has 0 fully saturated rings. The Morgan fingerprint density at radius 1 is 1.31 bits per heavy atom. The molecule has 150 valence electrons. The highest BCUT2D eigenvalue weighted by Gasteiger charge is 2.32. The summed E-state index contributed by atoms with van der Waals surface area (Å²) < 4.78 is 5.42. The Balaban J connectivity index is 2.34. The van der Waals surface area contributed by atoms with Crippen LogP contribution in [0.2, 0.25) is 5.02 Å². The molecule has 0 aliphatic carbocycles. The number of allylic oxidation sites excluding steroid dienone is 1. The van der Waals surface area contributed by atoms with Crippen molar-refractivity contribution in [2.45, 2.75) is 19.4 Å². The molecule has 0 bridgehead atoms. The van der Waals surface area contributed by atoms with Crippen molar-refractivity contribution in [2.75, 3.05) is 19.1 Å². The number of carboxylic acids is 1. The van der Waals surface area contributed by atoms with Crippen LogP contribution < -0.4 is 9.64 Å². The Hall–Kier alpha value is -3.12. The molecular formula is C22H22ClN3O3. The molecule has 1 aliphatic heterocycles. The van der Waals surface area contributed by atoms with E-state index in [9.17, 15) is 9.90 Å². The van der Waals surface area contributed by atoms with Crippen LogP contribution in [0.3, 0.4) is 0 Å². The first-order chi connectivity index (χ1) is 13.8. The fraction of sp³-hybridized carbons (Fsp3) is 0.227. The van der Waals surface area contributed by atoms with Crippen molar-refractivity contribution in [3.63, 3.8) is 0 Å². The second kappa shape index (κ2) is 8.49. The summed E-state index contributed by atoms with van der Waals surface area (Å²) in [5.41, 5.74) is 3.77. The molecule has 7 heteroatoms. The zero-order chi connectivity index (χ0) is 21.1. The van der Waals surface area contributed by atoms with Gasteiger partial charge in [0.2, 0.25) is 0 Å². The number of amidine groups is 1. The number of ether oxygens (including phenoxy) is 1. The lowest BCUT2D eigenvalue weighted by atomic mass is 9.99. The number of halogens is 1. The molecule has 0 amide bonds.